The first kappa shape index (κ1) is 30.1. The molecule has 0 radical (unpaired) electrons. The van der Waals surface area contributed by atoms with Gasteiger partial charge in [0.15, 0.2) is 6.29 Å². The molecule has 2 aliphatic rings. The maximum Gasteiger partial charge on any atom is 0.338 e. The van der Waals surface area contributed by atoms with Crippen molar-refractivity contribution in [1.82, 2.24) is 0 Å². The number of benzene rings is 4. The average Bonchev–Trinajstić information content (AvgIpc) is 3.05. The summed E-state index contributed by atoms with van der Waals surface area (Å²) in [5.41, 5.74) is 4.44. The zero-order valence-electron chi connectivity index (χ0n) is 23.6. The van der Waals surface area contributed by atoms with Gasteiger partial charge in [-0.1, -0.05) is 107 Å². The summed E-state index contributed by atoms with van der Waals surface area (Å²) in [4.78, 5) is 13.3. The molecule has 4 aromatic carbocycles. The fraction of sp³-hybridized carbons (Fsp3) is 0.286. The van der Waals surface area contributed by atoms with Crippen molar-refractivity contribution in [3.8, 4) is 5.75 Å². The van der Waals surface area contributed by atoms with Gasteiger partial charge >= 0.3 is 5.97 Å². The van der Waals surface area contributed by atoms with E-state index in [1.807, 2.05) is 79.7 Å². The molecule has 0 spiro atoms. The first-order chi connectivity index (χ1) is 21.0. The second-order valence-corrected chi connectivity index (χ2v) is 12.4. The van der Waals surface area contributed by atoms with E-state index in [9.17, 15) is 4.79 Å². The third-order valence-corrected chi connectivity index (χ3v) is 9.39. The number of rotatable bonds is 8. The van der Waals surface area contributed by atoms with Crippen LogP contribution in [0.2, 0.25) is 5.02 Å². The summed E-state index contributed by atoms with van der Waals surface area (Å²) in [5, 5.41) is 0.679. The Labute approximate surface area is 270 Å². The molecule has 0 N–H and O–H groups in total. The van der Waals surface area contributed by atoms with E-state index >= 15 is 0 Å². The van der Waals surface area contributed by atoms with E-state index in [-0.39, 0.29) is 10.0 Å². The molecule has 8 heteroatoms. The molecule has 222 valence electrons. The minimum Gasteiger partial charge on any atom is -0.494 e. The van der Waals surface area contributed by atoms with Crippen LogP contribution < -0.4 is 4.74 Å². The SMILES string of the molecule is CCOc1ccc(Cc2cc(C3OC4COC(c5ccccc5)OC4C(OC(=O)c4ccccc4)C3I)ccc2Cl)cc1. The van der Waals surface area contributed by atoms with Gasteiger partial charge in [0, 0.05) is 10.6 Å². The molecular weight excluding hydrogens is 679 g/mol. The molecule has 4 aromatic rings. The number of ether oxygens (including phenoxy) is 5. The molecule has 0 aromatic heterocycles. The van der Waals surface area contributed by atoms with Gasteiger partial charge in [-0.05, 0) is 60.4 Å². The van der Waals surface area contributed by atoms with Crippen LogP contribution in [0.4, 0.5) is 0 Å². The maximum atomic E-state index is 13.3. The van der Waals surface area contributed by atoms with Crippen LogP contribution in [0.15, 0.2) is 103 Å². The molecule has 2 fully saturated rings. The summed E-state index contributed by atoms with van der Waals surface area (Å²) in [6.45, 7) is 2.89. The minimum atomic E-state index is -0.586. The van der Waals surface area contributed by atoms with E-state index in [4.69, 9.17) is 35.3 Å². The second-order valence-electron chi connectivity index (χ2n) is 10.6. The Morgan fingerprint density at radius 3 is 2.35 bits per heavy atom. The highest BCUT2D eigenvalue weighted by molar-refractivity contribution is 14.1. The Morgan fingerprint density at radius 2 is 1.63 bits per heavy atom. The van der Waals surface area contributed by atoms with Gasteiger partial charge in [-0.15, -0.1) is 0 Å². The molecule has 6 rings (SSSR count). The normalized spacial score (nSPS) is 25.0. The topological polar surface area (TPSA) is 63.2 Å². The van der Waals surface area contributed by atoms with Crippen LogP contribution in [0.5, 0.6) is 5.75 Å². The van der Waals surface area contributed by atoms with Crippen molar-refractivity contribution in [2.75, 3.05) is 13.2 Å². The molecule has 2 aliphatic heterocycles. The number of alkyl halides is 1. The largest absolute Gasteiger partial charge is 0.494 e. The van der Waals surface area contributed by atoms with Crippen LogP contribution >= 0.6 is 34.2 Å². The van der Waals surface area contributed by atoms with Gasteiger partial charge in [-0.25, -0.2) is 4.79 Å². The molecule has 0 aliphatic carbocycles. The standard InChI is InChI=1S/C35H32ClIO6/c1-2-39-27-16-13-22(14-17-27)19-26-20-25(15-18-28(26)36)31-30(37)33(42-34(38)23-9-5-3-6-10-23)32-29(41-31)21-40-35(43-32)24-11-7-4-8-12-24/h3-18,20,29-33,35H,2,19,21H2,1H3. The molecule has 0 saturated carbocycles. The monoisotopic (exact) mass is 710 g/mol. The summed E-state index contributed by atoms with van der Waals surface area (Å²) in [5.74, 6) is 0.442. The van der Waals surface area contributed by atoms with Gasteiger partial charge in [0.2, 0.25) is 0 Å². The van der Waals surface area contributed by atoms with E-state index in [0.717, 1.165) is 28.0 Å². The zero-order valence-corrected chi connectivity index (χ0v) is 26.5. The van der Waals surface area contributed by atoms with Crippen molar-refractivity contribution in [3.05, 3.63) is 136 Å². The van der Waals surface area contributed by atoms with Crippen molar-refractivity contribution in [1.29, 1.82) is 0 Å². The Kier molecular flexibility index (Phi) is 9.64. The fourth-order valence-electron chi connectivity index (χ4n) is 5.51. The maximum absolute atomic E-state index is 13.3. The van der Waals surface area contributed by atoms with Gasteiger partial charge in [0.1, 0.15) is 24.1 Å². The van der Waals surface area contributed by atoms with Crippen LogP contribution in [0.1, 0.15) is 51.9 Å². The second kappa shape index (κ2) is 13.8. The number of halogens is 2. The van der Waals surface area contributed by atoms with Crippen molar-refractivity contribution in [2.24, 2.45) is 0 Å². The Bertz CT molecular complexity index is 1520. The molecule has 6 nitrogen and oxygen atoms in total. The predicted octanol–water partition coefficient (Wildman–Crippen LogP) is 7.91. The molecule has 2 saturated heterocycles. The first-order valence-corrected chi connectivity index (χ1v) is 16.0. The molecular formula is C35H32ClIO6. The quantitative estimate of drug-likeness (QED) is 0.105. The van der Waals surface area contributed by atoms with Gasteiger partial charge in [-0.2, -0.15) is 0 Å². The zero-order chi connectivity index (χ0) is 29.8. The first-order valence-electron chi connectivity index (χ1n) is 14.4. The lowest BCUT2D eigenvalue weighted by molar-refractivity contribution is -0.307. The number of carbonyl (C=O) groups is 1. The van der Waals surface area contributed by atoms with E-state index in [1.54, 1.807) is 12.1 Å². The number of fused-ring (bicyclic) bond motifs is 1. The van der Waals surface area contributed by atoms with Crippen LogP contribution in [0.25, 0.3) is 0 Å². The molecule has 0 amide bonds. The minimum absolute atomic E-state index is 0.250. The average molecular weight is 711 g/mol. The summed E-state index contributed by atoms with van der Waals surface area (Å²) < 4.78 is 30.8. The van der Waals surface area contributed by atoms with Crippen molar-refractivity contribution in [3.63, 3.8) is 0 Å². The molecule has 2 heterocycles. The highest BCUT2D eigenvalue weighted by Gasteiger charge is 2.51. The lowest BCUT2D eigenvalue weighted by Crippen LogP contribution is -2.58. The predicted molar refractivity (Wildman–Crippen MR) is 173 cm³/mol. The smallest absolute Gasteiger partial charge is 0.338 e. The van der Waals surface area contributed by atoms with Crippen LogP contribution in [-0.2, 0) is 25.4 Å². The van der Waals surface area contributed by atoms with Crippen molar-refractivity contribution in [2.45, 2.75) is 48.0 Å². The van der Waals surface area contributed by atoms with Crippen LogP contribution in [0.3, 0.4) is 0 Å². The highest BCUT2D eigenvalue weighted by atomic mass is 127. The summed E-state index contributed by atoms with van der Waals surface area (Å²) >= 11 is 9.01. The number of esters is 1. The molecule has 43 heavy (non-hydrogen) atoms. The van der Waals surface area contributed by atoms with Crippen molar-refractivity contribution < 1.29 is 28.5 Å². The van der Waals surface area contributed by atoms with E-state index in [2.05, 4.69) is 40.8 Å². The lowest BCUT2D eigenvalue weighted by atomic mass is 9.91. The highest BCUT2D eigenvalue weighted by Crippen LogP contribution is 2.44. The Morgan fingerprint density at radius 1 is 0.907 bits per heavy atom. The fourth-order valence-corrected chi connectivity index (χ4v) is 6.84. The number of carbonyl (C=O) groups excluding carboxylic acids is 1. The van der Waals surface area contributed by atoms with Gasteiger partial charge < -0.3 is 23.7 Å². The Hall–Kier alpha value is -2.95. The lowest BCUT2D eigenvalue weighted by Gasteiger charge is -2.48. The number of hydrogen-bond donors (Lipinski definition) is 0. The number of hydrogen-bond acceptors (Lipinski definition) is 6. The van der Waals surface area contributed by atoms with Gasteiger partial charge in [-0.3, -0.25) is 0 Å². The van der Waals surface area contributed by atoms with E-state index < -0.39 is 30.6 Å². The molecule has 6 unspecified atom stereocenters. The summed E-state index contributed by atoms with van der Waals surface area (Å²) in [6, 6.07) is 32.8. The van der Waals surface area contributed by atoms with Crippen LogP contribution in [0, 0.1) is 0 Å². The van der Waals surface area contributed by atoms with Crippen molar-refractivity contribution >= 4 is 40.2 Å². The third kappa shape index (κ3) is 6.91. The third-order valence-electron chi connectivity index (χ3n) is 7.66. The summed E-state index contributed by atoms with van der Waals surface area (Å²) in [7, 11) is 0. The van der Waals surface area contributed by atoms with Gasteiger partial charge in [0.05, 0.1) is 28.8 Å². The summed E-state index contributed by atoms with van der Waals surface area (Å²) in [6.07, 6.45) is -1.85. The molecule has 6 atom stereocenters. The van der Waals surface area contributed by atoms with Crippen LogP contribution in [-0.4, -0.2) is 41.4 Å². The Balaban J connectivity index is 1.27. The van der Waals surface area contributed by atoms with Gasteiger partial charge in [0.25, 0.3) is 0 Å². The molecule has 0 bridgehead atoms. The van der Waals surface area contributed by atoms with E-state index in [0.29, 0.717) is 30.2 Å². The van der Waals surface area contributed by atoms with E-state index in [1.165, 1.54) is 0 Å².